The first-order valence-corrected chi connectivity index (χ1v) is 7.35. The molecule has 21 heavy (non-hydrogen) atoms. The van der Waals surface area contributed by atoms with Crippen LogP contribution in [0.25, 0.3) is 0 Å². The topological polar surface area (TPSA) is 69.6 Å². The van der Waals surface area contributed by atoms with E-state index >= 15 is 0 Å². The second-order valence-electron chi connectivity index (χ2n) is 5.68. The average Bonchev–Trinajstić information content (AvgIpc) is 2.94. The molecule has 1 fully saturated rings. The Labute approximate surface area is 125 Å². The number of amides is 2. The van der Waals surface area contributed by atoms with Gasteiger partial charge < -0.3 is 15.3 Å². The molecule has 1 aromatic rings. The molecule has 0 unspecified atom stereocenters. The van der Waals surface area contributed by atoms with Crippen molar-refractivity contribution in [3.63, 3.8) is 0 Å². The smallest absolute Gasteiger partial charge is 0.254 e. The molecule has 5 heteroatoms. The summed E-state index contributed by atoms with van der Waals surface area (Å²) in [6.07, 6.45) is 1.77. The number of rotatable bonds is 4. The van der Waals surface area contributed by atoms with E-state index in [1.165, 1.54) is 0 Å². The van der Waals surface area contributed by atoms with Gasteiger partial charge in [-0.2, -0.15) is 0 Å². The Morgan fingerprint density at radius 1 is 1.29 bits per heavy atom. The highest BCUT2D eigenvalue weighted by Crippen LogP contribution is 2.20. The normalized spacial score (nSPS) is 18.1. The average molecular weight is 290 g/mol. The summed E-state index contributed by atoms with van der Waals surface area (Å²) in [4.78, 5) is 26.0. The molecule has 0 aliphatic carbocycles. The molecule has 1 aliphatic rings. The fourth-order valence-corrected chi connectivity index (χ4v) is 2.57. The summed E-state index contributed by atoms with van der Waals surface area (Å²) >= 11 is 0. The molecule has 1 atom stereocenters. The van der Waals surface area contributed by atoms with E-state index in [4.69, 9.17) is 0 Å². The van der Waals surface area contributed by atoms with Crippen molar-refractivity contribution in [1.82, 2.24) is 10.2 Å². The lowest BCUT2D eigenvalue weighted by molar-refractivity contribution is 0.0677. The Hall–Kier alpha value is -1.88. The fourth-order valence-electron chi connectivity index (χ4n) is 2.57. The van der Waals surface area contributed by atoms with Crippen molar-refractivity contribution in [3.05, 3.63) is 35.4 Å². The third-order valence-electron chi connectivity index (χ3n) is 3.66. The van der Waals surface area contributed by atoms with E-state index < -0.39 is 0 Å². The van der Waals surface area contributed by atoms with Gasteiger partial charge in [-0.15, -0.1) is 0 Å². The summed E-state index contributed by atoms with van der Waals surface area (Å²) in [6, 6.07) is 6.66. The minimum Gasteiger partial charge on any atom is -0.394 e. The molecule has 0 radical (unpaired) electrons. The van der Waals surface area contributed by atoms with Gasteiger partial charge in [0.1, 0.15) is 0 Å². The van der Waals surface area contributed by atoms with Crippen molar-refractivity contribution in [2.75, 3.05) is 13.2 Å². The maximum Gasteiger partial charge on any atom is 0.254 e. The molecule has 2 rings (SSSR count). The van der Waals surface area contributed by atoms with Crippen molar-refractivity contribution in [2.45, 2.75) is 38.8 Å². The van der Waals surface area contributed by atoms with E-state index in [9.17, 15) is 14.7 Å². The molecular weight excluding hydrogens is 268 g/mol. The first-order valence-electron chi connectivity index (χ1n) is 7.35. The predicted octanol–water partition coefficient (Wildman–Crippen LogP) is 1.42. The number of likely N-dealkylation sites (tertiary alicyclic amines) is 1. The van der Waals surface area contributed by atoms with Crippen LogP contribution in [0.4, 0.5) is 0 Å². The van der Waals surface area contributed by atoms with E-state index in [0.29, 0.717) is 17.7 Å². The maximum absolute atomic E-state index is 12.4. The zero-order valence-corrected chi connectivity index (χ0v) is 12.5. The van der Waals surface area contributed by atoms with Crippen LogP contribution in [0.3, 0.4) is 0 Å². The minimum absolute atomic E-state index is 0.000613. The fraction of sp³-hybridized carbons (Fsp3) is 0.500. The van der Waals surface area contributed by atoms with Crippen LogP contribution < -0.4 is 5.32 Å². The first-order chi connectivity index (χ1) is 10.0. The lowest BCUT2D eigenvalue weighted by Gasteiger charge is -2.23. The summed E-state index contributed by atoms with van der Waals surface area (Å²) < 4.78 is 0. The van der Waals surface area contributed by atoms with Gasteiger partial charge >= 0.3 is 0 Å². The molecule has 5 nitrogen and oxygen atoms in total. The standard InChI is InChI=1S/C16H22N2O3/c1-11(2)17-15(20)12-5-7-13(8-6-12)16(21)18-9-3-4-14(18)10-19/h5-8,11,14,19H,3-4,9-10H2,1-2H3,(H,17,20)/t14-/m1/s1. The van der Waals surface area contributed by atoms with Crippen LogP contribution in [-0.2, 0) is 0 Å². The molecule has 0 bridgehead atoms. The molecule has 0 spiro atoms. The highest BCUT2D eigenvalue weighted by atomic mass is 16.3. The van der Waals surface area contributed by atoms with Gasteiger partial charge in [0, 0.05) is 23.7 Å². The van der Waals surface area contributed by atoms with Crippen LogP contribution in [-0.4, -0.2) is 47.1 Å². The number of carbonyl (C=O) groups excluding carboxylic acids is 2. The largest absolute Gasteiger partial charge is 0.394 e. The predicted molar refractivity (Wildman–Crippen MR) is 80.2 cm³/mol. The van der Waals surface area contributed by atoms with Crippen molar-refractivity contribution in [1.29, 1.82) is 0 Å². The van der Waals surface area contributed by atoms with Gasteiger partial charge in [0.15, 0.2) is 0 Å². The Bertz CT molecular complexity index is 511. The highest BCUT2D eigenvalue weighted by molar-refractivity contribution is 5.98. The van der Waals surface area contributed by atoms with Crippen LogP contribution in [0.1, 0.15) is 47.4 Å². The number of benzene rings is 1. The number of hydrogen-bond acceptors (Lipinski definition) is 3. The number of aliphatic hydroxyl groups is 1. The molecule has 1 saturated heterocycles. The van der Waals surface area contributed by atoms with E-state index in [0.717, 1.165) is 12.8 Å². The molecule has 1 aromatic carbocycles. The number of hydrogen-bond donors (Lipinski definition) is 2. The Balaban J connectivity index is 2.08. The summed E-state index contributed by atoms with van der Waals surface area (Å²) in [6.45, 7) is 4.48. The molecule has 0 saturated carbocycles. The van der Waals surface area contributed by atoms with E-state index in [2.05, 4.69) is 5.32 Å². The SMILES string of the molecule is CC(C)NC(=O)c1ccc(C(=O)N2CCC[C@@H]2CO)cc1. The van der Waals surface area contributed by atoms with Crippen molar-refractivity contribution < 1.29 is 14.7 Å². The van der Waals surface area contributed by atoms with Crippen molar-refractivity contribution >= 4 is 11.8 Å². The van der Waals surface area contributed by atoms with Gasteiger partial charge in [-0.25, -0.2) is 0 Å². The van der Waals surface area contributed by atoms with Gasteiger partial charge in [-0.3, -0.25) is 9.59 Å². The maximum atomic E-state index is 12.4. The zero-order chi connectivity index (χ0) is 15.4. The monoisotopic (exact) mass is 290 g/mol. The Morgan fingerprint density at radius 2 is 1.90 bits per heavy atom. The van der Waals surface area contributed by atoms with Crippen LogP contribution >= 0.6 is 0 Å². The second kappa shape index (κ2) is 6.72. The number of aliphatic hydroxyl groups excluding tert-OH is 1. The van der Waals surface area contributed by atoms with Crippen molar-refractivity contribution in [2.24, 2.45) is 0 Å². The third kappa shape index (κ3) is 3.61. The molecular formula is C16H22N2O3. The lowest BCUT2D eigenvalue weighted by Crippen LogP contribution is -2.37. The minimum atomic E-state index is -0.140. The number of nitrogens with one attached hydrogen (secondary N) is 1. The first kappa shape index (κ1) is 15.5. The van der Waals surface area contributed by atoms with Gasteiger partial charge in [0.25, 0.3) is 11.8 Å². The highest BCUT2D eigenvalue weighted by Gasteiger charge is 2.28. The molecule has 2 amide bonds. The van der Waals surface area contributed by atoms with Gasteiger partial charge in [0.05, 0.1) is 12.6 Å². The van der Waals surface area contributed by atoms with Crippen LogP contribution in [0, 0.1) is 0 Å². The summed E-state index contributed by atoms with van der Waals surface area (Å²) in [5, 5.41) is 12.1. The molecule has 1 aliphatic heterocycles. The molecule has 2 N–H and O–H groups in total. The molecule has 1 heterocycles. The number of nitrogens with zero attached hydrogens (tertiary/aromatic N) is 1. The quantitative estimate of drug-likeness (QED) is 0.881. The van der Waals surface area contributed by atoms with Gasteiger partial charge in [-0.05, 0) is 51.0 Å². The third-order valence-corrected chi connectivity index (χ3v) is 3.66. The summed E-state index contributed by atoms with van der Waals surface area (Å²) in [5.74, 6) is -0.222. The van der Waals surface area contributed by atoms with Crippen LogP contribution in [0.2, 0.25) is 0 Å². The molecule has 0 aromatic heterocycles. The summed E-state index contributed by atoms with van der Waals surface area (Å²) in [5.41, 5.74) is 1.09. The van der Waals surface area contributed by atoms with Gasteiger partial charge in [0.2, 0.25) is 0 Å². The summed E-state index contributed by atoms with van der Waals surface area (Å²) in [7, 11) is 0. The number of carbonyl (C=O) groups is 2. The van der Waals surface area contributed by atoms with Crippen LogP contribution in [0.5, 0.6) is 0 Å². The zero-order valence-electron chi connectivity index (χ0n) is 12.5. The van der Waals surface area contributed by atoms with E-state index in [1.807, 2.05) is 13.8 Å². The Morgan fingerprint density at radius 3 is 2.48 bits per heavy atom. The van der Waals surface area contributed by atoms with Crippen molar-refractivity contribution in [3.8, 4) is 0 Å². The van der Waals surface area contributed by atoms with E-state index in [-0.39, 0.29) is 30.5 Å². The second-order valence-corrected chi connectivity index (χ2v) is 5.68. The molecule has 114 valence electrons. The van der Waals surface area contributed by atoms with Crippen LogP contribution in [0.15, 0.2) is 24.3 Å². The Kier molecular flexibility index (Phi) is 4.96. The van der Waals surface area contributed by atoms with Gasteiger partial charge in [-0.1, -0.05) is 0 Å². The lowest BCUT2D eigenvalue weighted by atomic mass is 10.1. The van der Waals surface area contributed by atoms with E-state index in [1.54, 1.807) is 29.2 Å².